The fourth-order valence-corrected chi connectivity index (χ4v) is 3.67. The molecule has 0 spiro atoms. The summed E-state index contributed by atoms with van der Waals surface area (Å²) in [6, 6.07) is 5.79. The lowest BCUT2D eigenvalue weighted by Gasteiger charge is -2.31. The van der Waals surface area contributed by atoms with E-state index in [0.717, 1.165) is 5.69 Å². The van der Waals surface area contributed by atoms with Crippen LogP contribution in [0.15, 0.2) is 36.7 Å². The predicted molar refractivity (Wildman–Crippen MR) is 112 cm³/mol. The zero-order valence-corrected chi connectivity index (χ0v) is 18.5. The van der Waals surface area contributed by atoms with Gasteiger partial charge < -0.3 is 9.47 Å². The third kappa shape index (κ3) is 7.19. The van der Waals surface area contributed by atoms with Gasteiger partial charge in [-0.1, -0.05) is 18.2 Å². The molecule has 1 saturated heterocycles. The highest BCUT2D eigenvalue weighted by Crippen LogP contribution is 2.29. The summed E-state index contributed by atoms with van der Waals surface area (Å²) in [5.41, 5.74) is 0.599. The molecular weight excluding hydrogens is 423 g/mol. The first kappa shape index (κ1) is 24.0. The summed E-state index contributed by atoms with van der Waals surface area (Å²) in [5, 5.41) is 0. The lowest BCUT2D eigenvalue weighted by atomic mass is 9.89. The Hall–Kier alpha value is -2.68. The van der Waals surface area contributed by atoms with Crippen LogP contribution in [0.3, 0.4) is 0 Å². The fourth-order valence-electron chi connectivity index (χ4n) is 3.67. The minimum atomic E-state index is -4.79. The van der Waals surface area contributed by atoms with Gasteiger partial charge in [-0.05, 0) is 52.8 Å². The Morgan fingerprint density at radius 2 is 1.72 bits per heavy atom. The van der Waals surface area contributed by atoms with Gasteiger partial charge in [-0.25, -0.2) is 4.98 Å². The van der Waals surface area contributed by atoms with Gasteiger partial charge in [0.15, 0.2) is 0 Å². The van der Waals surface area contributed by atoms with Crippen molar-refractivity contribution in [1.29, 1.82) is 0 Å². The van der Waals surface area contributed by atoms with Crippen molar-refractivity contribution < 1.29 is 27.4 Å². The molecule has 3 rings (SSSR count). The number of carbonyl (C=O) groups is 1. The van der Waals surface area contributed by atoms with E-state index in [4.69, 9.17) is 4.74 Å². The van der Waals surface area contributed by atoms with E-state index in [0.29, 0.717) is 38.4 Å². The maximum Gasteiger partial charge on any atom is 0.573 e. The first-order valence-corrected chi connectivity index (χ1v) is 10.6. The Morgan fingerprint density at radius 1 is 1.06 bits per heavy atom. The van der Waals surface area contributed by atoms with E-state index in [1.54, 1.807) is 18.5 Å². The average molecular weight is 451 g/mol. The fraction of sp³-hybridized carbons (Fsp3) is 0.522. The van der Waals surface area contributed by atoms with E-state index in [-0.39, 0.29) is 29.4 Å². The summed E-state index contributed by atoms with van der Waals surface area (Å²) in [6.45, 7) is 7.76. The number of aromatic nitrogens is 2. The number of likely N-dealkylation sites (tertiary alicyclic amines) is 1. The number of para-hydroxylation sites is 1. The quantitative estimate of drug-likeness (QED) is 0.614. The van der Waals surface area contributed by atoms with Crippen LogP contribution in [0.5, 0.6) is 11.6 Å². The highest BCUT2D eigenvalue weighted by Gasteiger charge is 2.33. The van der Waals surface area contributed by atoms with Gasteiger partial charge in [0.1, 0.15) is 22.8 Å². The smallest absolute Gasteiger partial charge is 0.471 e. The Morgan fingerprint density at radius 3 is 2.38 bits per heavy atom. The van der Waals surface area contributed by atoms with Gasteiger partial charge >= 0.3 is 6.36 Å². The first-order valence-electron chi connectivity index (χ1n) is 10.6. The molecule has 6 nitrogen and oxygen atoms in total. The van der Waals surface area contributed by atoms with Crippen LogP contribution in [0, 0.1) is 5.92 Å². The third-order valence-electron chi connectivity index (χ3n) is 5.12. The van der Waals surface area contributed by atoms with Gasteiger partial charge in [0.05, 0.1) is 0 Å². The predicted octanol–water partition coefficient (Wildman–Crippen LogP) is 4.58. The molecule has 0 radical (unpaired) electrons. The Kier molecular flexibility index (Phi) is 7.38. The van der Waals surface area contributed by atoms with Crippen molar-refractivity contribution in [1.82, 2.24) is 14.9 Å². The molecule has 0 aliphatic carbocycles. The SMILES string of the molecule is CC(C)(C)Oc1nccnc1CN1CCC(C(=O)Cc2ccccc2OC(F)(F)F)CC1. The molecule has 1 aliphatic rings. The Balaban J connectivity index is 1.56. The van der Waals surface area contributed by atoms with Crippen molar-refractivity contribution in [2.45, 2.75) is 58.5 Å². The average Bonchev–Trinajstić information content (AvgIpc) is 2.69. The van der Waals surface area contributed by atoms with Crippen LogP contribution in [0.4, 0.5) is 13.2 Å². The molecule has 0 bridgehead atoms. The lowest BCUT2D eigenvalue weighted by Crippen LogP contribution is -2.37. The molecule has 2 heterocycles. The standard InChI is InChI=1S/C23H28F3N3O3/c1-22(2,3)32-21-18(27-10-11-28-21)15-29-12-8-16(9-13-29)19(30)14-17-6-4-5-7-20(17)31-23(24,25)26/h4-7,10-11,16H,8-9,12-15H2,1-3H3. The lowest BCUT2D eigenvalue weighted by molar-refractivity contribution is -0.274. The van der Waals surface area contributed by atoms with Crippen LogP contribution < -0.4 is 9.47 Å². The molecule has 1 aliphatic heterocycles. The molecule has 9 heteroatoms. The summed E-state index contributed by atoms with van der Waals surface area (Å²) in [7, 11) is 0. The number of ketones is 1. The van der Waals surface area contributed by atoms with E-state index in [2.05, 4.69) is 19.6 Å². The van der Waals surface area contributed by atoms with Gasteiger partial charge in [-0.3, -0.25) is 14.7 Å². The number of halogens is 3. The van der Waals surface area contributed by atoms with Crippen LogP contribution in [0.25, 0.3) is 0 Å². The van der Waals surface area contributed by atoms with Crippen molar-refractivity contribution in [3.63, 3.8) is 0 Å². The molecule has 2 aromatic rings. The number of rotatable bonds is 7. The van der Waals surface area contributed by atoms with Crippen molar-refractivity contribution in [3.8, 4) is 11.6 Å². The van der Waals surface area contributed by atoms with Gasteiger partial charge in [-0.2, -0.15) is 0 Å². The molecule has 1 aromatic carbocycles. The number of carbonyl (C=O) groups excluding carboxylic acids is 1. The zero-order chi connectivity index (χ0) is 23.4. The normalized spacial score (nSPS) is 16.1. The van der Waals surface area contributed by atoms with E-state index in [1.165, 1.54) is 18.2 Å². The van der Waals surface area contributed by atoms with E-state index in [1.807, 2.05) is 20.8 Å². The maximum absolute atomic E-state index is 12.8. The van der Waals surface area contributed by atoms with Crippen molar-refractivity contribution in [2.75, 3.05) is 13.1 Å². The van der Waals surface area contributed by atoms with Crippen LogP contribution in [0.2, 0.25) is 0 Å². The number of piperidine rings is 1. The third-order valence-corrected chi connectivity index (χ3v) is 5.12. The molecule has 174 valence electrons. The van der Waals surface area contributed by atoms with E-state index < -0.39 is 12.0 Å². The number of benzene rings is 1. The van der Waals surface area contributed by atoms with Crippen LogP contribution in [-0.4, -0.2) is 45.7 Å². The highest BCUT2D eigenvalue weighted by molar-refractivity contribution is 5.84. The first-order chi connectivity index (χ1) is 15.0. The van der Waals surface area contributed by atoms with Gasteiger partial charge in [-0.15, -0.1) is 13.2 Å². The summed E-state index contributed by atoms with van der Waals surface area (Å²) in [5.74, 6) is -0.0873. The zero-order valence-electron chi connectivity index (χ0n) is 18.5. The van der Waals surface area contributed by atoms with Crippen LogP contribution in [-0.2, 0) is 17.8 Å². The molecule has 0 amide bonds. The molecule has 1 aromatic heterocycles. The highest BCUT2D eigenvalue weighted by atomic mass is 19.4. The van der Waals surface area contributed by atoms with Crippen LogP contribution in [0.1, 0.15) is 44.9 Å². The number of alkyl halides is 3. The number of ether oxygens (including phenoxy) is 2. The van der Waals surface area contributed by atoms with Gasteiger partial charge in [0, 0.05) is 36.8 Å². The maximum atomic E-state index is 12.8. The summed E-state index contributed by atoms with van der Waals surface area (Å²) in [6.07, 6.45) is -0.379. The molecule has 0 saturated carbocycles. The Bertz CT molecular complexity index is 920. The summed E-state index contributed by atoms with van der Waals surface area (Å²) < 4.78 is 47.8. The minimum absolute atomic E-state index is 0.0702. The Labute approximate surface area is 185 Å². The van der Waals surface area contributed by atoms with E-state index in [9.17, 15) is 18.0 Å². The largest absolute Gasteiger partial charge is 0.573 e. The number of Topliss-reactive ketones (excluding diaryl/α,β-unsaturated/α-hetero) is 1. The second-order valence-corrected chi connectivity index (χ2v) is 8.87. The van der Waals surface area contributed by atoms with Crippen molar-refractivity contribution >= 4 is 5.78 Å². The molecule has 1 fully saturated rings. The summed E-state index contributed by atoms with van der Waals surface area (Å²) >= 11 is 0. The molecule has 0 N–H and O–H groups in total. The molecule has 32 heavy (non-hydrogen) atoms. The minimum Gasteiger partial charge on any atom is -0.471 e. The van der Waals surface area contributed by atoms with Gasteiger partial charge in [0.25, 0.3) is 0 Å². The molecule has 0 unspecified atom stereocenters. The van der Waals surface area contributed by atoms with Crippen molar-refractivity contribution in [2.24, 2.45) is 5.92 Å². The number of nitrogens with zero attached hydrogens (tertiary/aromatic N) is 3. The number of hydrogen-bond donors (Lipinski definition) is 0. The monoisotopic (exact) mass is 451 g/mol. The van der Waals surface area contributed by atoms with Crippen LogP contribution >= 0.6 is 0 Å². The van der Waals surface area contributed by atoms with Crippen molar-refractivity contribution in [3.05, 3.63) is 47.9 Å². The topological polar surface area (TPSA) is 64.6 Å². The molecular formula is C23H28F3N3O3. The van der Waals surface area contributed by atoms with E-state index >= 15 is 0 Å². The van der Waals surface area contributed by atoms with Gasteiger partial charge in [0.2, 0.25) is 5.88 Å². The second-order valence-electron chi connectivity index (χ2n) is 8.87. The number of hydrogen-bond acceptors (Lipinski definition) is 6. The second kappa shape index (κ2) is 9.85. The molecule has 0 atom stereocenters. The summed E-state index contributed by atoms with van der Waals surface area (Å²) in [4.78, 5) is 23.6.